The molecule has 7 heteroatoms. The Morgan fingerprint density at radius 2 is 1.92 bits per heavy atom. The van der Waals surface area contributed by atoms with Gasteiger partial charge in [0.25, 0.3) is 0 Å². The zero-order valence-corrected chi connectivity index (χ0v) is 21.4. The molecule has 1 aliphatic heterocycles. The highest BCUT2D eigenvalue weighted by Gasteiger charge is 2.34. The summed E-state index contributed by atoms with van der Waals surface area (Å²) in [6.07, 6.45) is 7.29. The largest absolute Gasteiger partial charge is 0.361 e. The standard InChI is InChI=1S/C30H35N5O2/c31-21-24-11-12-29-28(18-24)25(22-32-29)8-5-13-33-14-16-34(17-15-33)35(26-9-4-10-27(36)20-26)30(37)19-23-6-2-1-3-7-23/h1-3,6-7,11-12,18,22,26,32H,4-5,8-10,13-17,19-20H2. The average Bonchev–Trinajstić information content (AvgIpc) is 3.32. The second-order valence-electron chi connectivity index (χ2n) is 10.3. The van der Waals surface area contributed by atoms with Crippen molar-refractivity contribution in [3.63, 3.8) is 0 Å². The first kappa shape index (κ1) is 25.2. The van der Waals surface area contributed by atoms with Gasteiger partial charge >= 0.3 is 0 Å². The normalized spacial score (nSPS) is 19.1. The first-order valence-corrected chi connectivity index (χ1v) is 13.5. The number of nitrogens with zero attached hydrogens (tertiary/aromatic N) is 4. The number of Topliss-reactive ketones (excluding diaryl/α,β-unsaturated/α-hetero) is 1. The van der Waals surface area contributed by atoms with Gasteiger partial charge in [-0.15, -0.1) is 0 Å². The van der Waals surface area contributed by atoms with Crippen LogP contribution in [0.25, 0.3) is 10.9 Å². The minimum atomic E-state index is -0.0239. The summed E-state index contributed by atoms with van der Waals surface area (Å²) in [6, 6.07) is 17.9. The first-order chi connectivity index (χ1) is 18.1. The molecule has 1 saturated carbocycles. The third-order valence-corrected chi connectivity index (χ3v) is 7.73. The van der Waals surface area contributed by atoms with E-state index in [0.29, 0.717) is 24.8 Å². The lowest BCUT2D eigenvalue weighted by molar-refractivity contribution is -0.162. The number of nitriles is 1. The Morgan fingerprint density at radius 1 is 1.11 bits per heavy atom. The van der Waals surface area contributed by atoms with Crippen LogP contribution in [0.3, 0.4) is 0 Å². The molecule has 2 aromatic carbocycles. The Balaban J connectivity index is 1.17. The number of amides is 1. The molecule has 0 bridgehead atoms. The molecule has 2 fully saturated rings. The quantitative estimate of drug-likeness (QED) is 0.507. The molecule has 5 rings (SSSR count). The number of aryl methyl sites for hydroxylation is 1. The predicted octanol–water partition coefficient (Wildman–Crippen LogP) is 4.09. The maximum atomic E-state index is 13.5. The number of benzene rings is 2. The van der Waals surface area contributed by atoms with Crippen molar-refractivity contribution in [2.75, 3.05) is 32.7 Å². The summed E-state index contributed by atoms with van der Waals surface area (Å²) in [6.45, 7) is 4.40. The summed E-state index contributed by atoms with van der Waals surface area (Å²) >= 11 is 0. The van der Waals surface area contributed by atoms with Crippen LogP contribution in [-0.4, -0.2) is 70.4 Å². The number of carbonyl (C=O) groups is 2. The second kappa shape index (κ2) is 11.7. The molecule has 2 heterocycles. The average molecular weight is 498 g/mol. The van der Waals surface area contributed by atoms with Crippen LogP contribution in [0.5, 0.6) is 0 Å². The Kier molecular flexibility index (Phi) is 7.98. The Hall–Kier alpha value is -3.47. The van der Waals surface area contributed by atoms with Crippen LogP contribution in [0, 0.1) is 11.3 Å². The van der Waals surface area contributed by atoms with Crippen molar-refractivity contribution in [1.29, 1.82) is 5.26 Å². The lowest BCUT2D eigenvalue weighted by Gasteiger charge is -2.45. The summed E-state index contributed by atoms with van der Waals surface area (Å²) in [4.78, 5) is 31.5. The smallest absolute Gasteiger partial charge is 0.241 e. The molecule has 192 valence electrons. The Labute approximate surface area is 218 Å². The summed E-state index contributed by atoms with van der Waals surface area (Å²) in [5.74, 6) is 0.363. The van der Waals surface area contributed by atoms with Crippen molar-refractivity contribution in [1.82, 2.24) is 19.9 Å². The second-order valence-corrected chi connectivity index (χ2v) is 10.3. The molecule has 1 amide bonds. The van der Waals surface area contributed by atoms with E-state index in [9.17, 15) is 14.9 Å². The van der Waals surface area contributed by atoms with Crippen molar-refractivity contribution < 1.29 is 9.59 Å². The number of hydrogen-bond donors (Lipinski definition) is 1. The van der Waals surface area contributed by atoms with E-state index in [1.54, 1.807) is 0 Å². The molecule has 3 aromatic rings. The summed E-state index contributed by atoms with van der Waals surface area (Å²) < 4.78 is 0. The fourth-order valence-corrected chi connectivity index (χ4v) is 5.78. The Morgan fingerprint density at radius 3 is 2.68 bits per heavy atom. The van der Waals surface area contributed by atoms with Gasteiger partial charge in [-0.2, -0.15) is 5.26 Å². The van der Waals surface area contributed by atoms with Gasteiger partial charge in [0.05, 0.1) is 24.1 Å². The highest BCUT2D eigenvalue weighted by Crippen LogP contribution is 2.25. The highest BCUT2D eigenvalue weighted by molar-refractivity contribution is 5.84. The molecule has 1 unspecified atom stereocenters. The van der Waals surface area contributed by atoms with Crippen molar-refractivity contribution in [3.8, 4) is 6.07 Å². The summed E-state index contributed by atoms with van der Waals surface area (Å²) in [5.41, 5.74) is 4.03. The van der Waals surface area contributed by atoms with Gasteiger partial charge in [0.2, 0.25) is 5.91 Å². The minimum absolute atomic E-state index is 0.0239. The molecule has 1 N–H and O–H groups in total. The molecule has 1 aliphatic carbocycles. The van der Waals surface area contributed by atoms with Crippen molar-refractivity contribution in [2.24, 2.45) is 0 Å². The first-order valence-electron chi connectivity index (χ1n) is 13.5. The number of ketones is 1. The zero-order valence-electron chi connectivity index (χ0n) is 21.4. The number of aromatic amines is 1. The van der Waals surface area contributed by atoms with Crippen LogP contribution < -0.4 is 0 Å². The van der Waals surface area contributed by atoms with Crippen LogP contribution in [0.15, 0.2) is 54.7 Å². The number of piperazine rings is 1. The molecule has 1 atom stereocenters. The third-order valence-electron chi connectivity index (χ3n) is 7.73. The van der Waals surface area contributed by atoms with E-state index in [-0.39, 0.29) is 17.7 Å². The van der Waals surface area contributed by atoms with Crippen molar-refractivity contribution in [2.45, 2.75) is 51.0 Å². The van der Waals surface area contributed by atoms with E-state index in [2.05, 4.69) is 27.2 Å². The number of nitrogens with one attached hydrogen (secondary N) is 1. The van der Waals surface area contributed by atoms with Gasteiger partial charge in [0.1, 0.15) is 5.78 Å². The number of hydrogen-bond acceptors (Lipinski definition) is 5. The number of H-pyrrole nitrogens is 1. The summed E-state index contributed by atoms with van der Waals surface area (Å²) in [5, 5.41) is 14.5. The van der Waals surface area contributed by atoms with Gasteiger partial charge < -0.3 is 9.88 Å². The van der Waals surface area contributed by atoms with Crippen LogP contribution in [0.2, 0.25) is 0 Å². The van der Waals surface area contributed by atoms with Gasteiger partial charge in [-0.25, -0.2) is 5.01 Å². The van der Waals surface area contributed by atoms with E-state index in [1.165, 1.54) is 5.56 Å². The monoisotopic (exact) mass is 497 g/mol. The molecular weight excluding hydrogens is 462 g/mol. The molecule has 0 radical (unpaired) electrons. The van der Waals surface area contributed by atoms with E-state index in [1.807, 2.05) is 53.5 Å². The number of fused-ring (bicyclic) bond motifs is 1. The lowest BCUT2D eigenvalue weighted by atomic mass is 9.93. The maximum Gasteiger partial charge on any atom is 0.241 e. The van der Waals surface area contributed by atoms with E-state index >= 15 is 0 Å². The van der Waals surface area contributed by atoms with Crippen LogP contribution in [-0.2, 0) is 22.4 Å². The third kappa shape index (κ3) is 6.10. The number of rotatable bonds is 8. The fraction of sp³-hybridized carbons (Fsp3) is 0.433. The highest BCUT2D eigenvalue weighted by atomic mass is 16.2. The molecule has 0 spiro atoms. The zero-order chi connectivity index (χ0) is 25.6. The van der Waals surface area contributed by atoms with E-state index in [0.717, 1.165) is 74.9 Å². The van der Waals surface area contributed by atoms with Gasteiger partial charge in [-0.05, 0) is 61.6 Å². The van der Waals surface area contributed by atoms with Gasteiger partial charge in [-0.3, -0.25) is 14.6 Å². The van der Waals surface area contributed by atoms with Gasteiger partial charge in [0.15, 0.2) is 0 Å². The molecule has 37 heavy (non-hydrogen) atoms. The molecule has 1 aromatic heterocycles. The number of hydrazine groups is 1. The maximum absolute atomic E-state index is 13.5. The Bertz CT molecular complexity index is 1270. The topological polar surface area (TPSA) is 83.4 Å². The van der Waals surface area contributed by atoms with Gasteiger partial charge in [0, 0.05) is 56.1 Å². The molecule has 1 saturated heterocycles. The summed E-state index contributed by atoms with van der Waals surface area (Å²) in [7, 11) is 0. The lowest BCUT2D eigenvalue weighted by Crippen LogP contribution is -2.59. The molecule has 2 aliphatic rings. The SMILES string of the molecule is N#Cc1ccc2[nH]cc(CCCN3CCN(N(C(=O)Cc4ccccc4)C4CCCC(=O)C4)CC3)c2c1. The predicted molar refractivity (Wildman–Crippen MR) is 144 cm³/mol. The fourth-order valence-electron chi connectivity index (χ4n) is 5.78. The number of carbonyl (C=O) groups excluding carboxylic acids is 2. The van der Waals surface area contributed by atoms with E-state index in [4.69, 9.17) is 0 Å². The van der Waals surface area contributed by atoms with Gasteiger partial charge in [-0.1, -0.05) is 30.3 Å². The van der Waals surface area contributed by atoms with Crippen LogP contribution in [0.1, 0.15) is 48.8 Å². The minimum Gasteiger partial charge on any atom is -0.361 e. The van der Waals surface area contributed by atoms with Crippen molar-refractivity contribution in [3.05, 3.63) is 71.4 Å². The van der Waals surface area contributed by atoms with Crippen LogP contribution in [0.4, 0.5) is 0 Å². The molecule has 7 nitrogen and oxygen atoms in total. The van der Waals surface area contributed by atoms with Crippen LogP contribution >= 0.6 is 0 Å². The number of aromatic nitrogens is 1. The molecular formula is C30H35N5O2. The van der Waals surface area contributed by atoms with E-state index < -0.39 is 0 Å². The van der Waals surface area contributed by atoms with Crippen molar-refractivity contribution >= 4 is 22.6 Å².